The van der Waals surface area contributed by atoms with E-state index in [1.165, 1.54) is 57.6 Å². The van der Waals surface area contributed by atoms with E-state index in [0.29, 0.717) is 11.5 Å². The van der Waals surface area contributed by atoms with E-state index in [4.69, 9.17) is 18.9 Å². The van der Waals surface area contributed by atoms with Crippen LogP contribution in [-0.4, -0.2) is 71.7 Å². The van der Waals surface area contributed by atoms with Crippen LogP contribution in [0.5, 0.6) is 23.0 Å². The van der Waals surface area contributed by atoms with E-state index in [9.17, 15) is 18.0 Å². The predicted molar refractivity (Wildman–Crippen MR) is 192 cm³/mol. The Morgan fingerprint density at radius 2 is 1.30 bits per heavy atom. The third kappa shape index (κ3) is 9.26. The molecule has 0 radical (unpaired) electrons. The van der Waals surface area contributed by atoms with Crippen LogP contribution in [0.2, 0.25) is 0 Å². The number of ether oxygens (including phenoxy) is 4. The Morgan fingerprint density at radius 1 is 0.720 bits per heavy atom. The van der Waals surface area contributed by atoms with Crippen molar-refractivity contribution in [2.75, 3.05) is 39.3 Å². The minimum atomic E-state index is -4.49. The smallest absolute Gasteiger partial charge is 0.265 e. The second-order valence-electron chi connectivity index (χ2n) is 12.5. The van der Waals surface area contributed by atoms with Crippen LogP contribution < -0.4 is 28.6 Å². The van der Waals surface area contributed by atoms with Crippen molar-refractivity contribution in [2.24, 2.45) is 0 Å². The van der Waals surface area contributed by atoms with Crippen LogP contribution in [0.25, 0.3) is 0 Å². The van der Waals surface area contributed by atoms with Gasteiger partial charge in [0, 0.05) is 30.6 Å². The highest BCUT2D eigenvalue weighted by atomic mass is 32.2. The van der Waals surface area contributed by atoms with E-state index in [2.05, 4.69) is 5.32 Å². The molecule has 0 bridgehead atoms. The van der Waals surface area contributed by atoms with Crippen LogP contribution in [0, 0.1) is 0 Å². The molecular formula is C38H45N3O8S. The zero-order valence-electron chi connectivity index (χ0n) is 29.5. The molecule has 0 spiro atoms. The van der Waals surface area contributed by atoms with Gasteiger partial charge in [-0.25, -0.2) is 8.42 Å². The van der Waals surface area contributed by atoms with Crippen LogP contribution in [0.3, 0.4) is 0 Å². The molecule has 2 amide bonds. The maximum Gasteiger partial charge on any atom is 0.265 e. The van der Waals surface area contributed by atoms with Crippen molar-refractivity contribution in [2.45, 2.75) is 50.2 Å². The van der Waals surface area contributed by atoms with Crippen LogP contribution in [-0.2, 0) is 32.6 Å². The maximum absolute atomic E-state index is 14.8. The Labute approximate surface area is 294 Å². The van der Waals surface area contributed by atoms with Gasteiger partial charge in [0.15, 0.2) is 11.5 Å². The number of hydrogen-bond donors (Lipinski definition) is 1. The molecule has 12 heteroatoms. The first-order valence-corrected chi connectivity index (χ1v) is 17.4. The number of rotatable bonds is 15. The van der Waals surface area contributed by atoms with E-state index in [1.54, 1.807) is 12.1 Å². The molecule has 4 aromatic carbocycles. The monoisotopic (exact) mass is 703 g/mol. The molecule has 4 rings (SSSR count). The Kier molecular flexibility index (Phi) is 12.4. The number of carbonyl (C=O) groups is 2. The molecule has 11 nitrogen and oxygen atoms in total. The maximum atomic E-state index is 14.8. The van der Waals surface area contributed by atoms with Gasteiger partial charge in [0.1, 0.15) is 24.1 Å². The van der Waals surface area contributed by atoms with Crippen LogP contribution in [0.1, 0.15) is 31.9 Å². The zero-order chi connectivity index (χ0) is 36.5. The van der Waals surface area contributed by atoms with Crippen molar-refractivity contribution >= 4 is 27.5 Å². The first-order valence-electron chi connectivity index (χ1n) is 16.0. The number of nitrogens with one attached hydrogen (secondary N) is 1. The lowest BCUT2D eigenvalue weighted by Crippen LogP contribution is -2.56. The summed E-state index contributed by atoms with van der Waals surface area (Å²) in [4.78, 5) is 30.2. The van der Waals surface area contributed by atoms with Gasteiger partial charge in [-0.1, -0.05) is 60.7 Å². The normalized spacial score (nSPS) is 12.0. The summed E-state index contributed by atoms with van der Waals surface area (Å²) in [6, 6.07) is 26.5. The van der Waals surface area contributed by atoms with Crippen molar-refractivity contribution in [3.8, 4) is 23.0 Å². The zero-order valence-corrected chi connectivity index (χ0v) is 30.3. The SMILES string of the molecule is COc1ccc(OC)c(N(CC(=O)N(Cc2ccccc2)[C@H](Cc2ccccc2)C(=O)NC(C)(C)C)S(=O)(=O)c2ccc(OC)c(OC)c2)c1. The molecule has 0 aromatic heterocycles. The van der Waals surface area contributed by atoms with Gasteiger partial charge in [-0.15, -0.1) is 0 Å². The largest absolute Gasteiger partial charge is 0.497 e. The first-order chi connectivity index (χ1) is 23.8. The fourth-order valence-electron chi connectivity index (χ4n) is 5.40. The van der Waals surface area contributed by atoms with Crippen LogP contribution in [0.15, 0.2) is 102 Å². The molecule has 0 saturated carbocycles. The molecule has 0 aliphatic heterocycles. The summed E-state index contributed by atoms with van der Waals surface area (Å²) in [7, 11) is 1.21. The third-order valence-corrected chi connectivity index (χ3v) is 9.60. The summed E-state index contributed by atoms with van der Waals surface area (Å²) < 4.78 is 52.1. The lowest BCUT2D eigenvalue weighted by molar-refractivity contribution is -0.140. The second kappa shape index (κ2) is 16.4. The van der Waals surface area contributed by atoms with Crippen molar-refractivity contribution < 1.29 is 37.0 Å². The van der Waals surface area contributed by atoms with Gasteiger partial charge in [-0.05, 0) is 56.2 Å². The molecule has 0 saturated heterocycles. The van der Waals surface area contributed by atoms with E-state index < -0.39 is 34.1 Å². The van der Waals surface area contributed by atoms with Gasteiger partial charge in [0.2, 0.25) is 11.8 Å². The fourth-order valence-corrected chi connectivity index (χ4v) is 6.83. The second-order valence-corrected chi connectivity index (χ2v) is 14.4. The number of methoxy groups -OCH3 is 4. The van der Waals surface area contributed by atoms with Gasteiger partial charge >= 0.3 is 0 Å². The number of carbonyl (C=O) groups excluding carboxylic acids is 2. The molecule has 266 valence electrons. The number of anilines is 1. The Balaban J connectivity index is 1.90. The summed E-state index contributed by atoms with van der Waals surface area (Å²) in [5.41, 5.74) is 1.05. The molecule has 0 aliphatic rings. The number of sulfonamides is 1. The quantitative estimate of drug-likeness (QED) is 0.173. The van der Waals surface area contributed by atoms with E-state index in [1.807, 2.05) is 81.4 Å². The lowest BCUT2D eigenvalue weighted by Gasteiger charge is -2.35. The lowest BCUT2D eigenvalue weighted by atomic mass is 10.0. The van der Waals surface area contributed by atoms with Crippen LogP contribution in [0.4, 0.5) is 5.69 Å². The van der Waals surface area contributed by atoms with Gasteiger partial charge < -0.3 is 29.2 Å². The molecule has 0 fully saturated rings. The minimum absolute atomic E-state index is 0.0359. The topological polar surface area (TPSA) is 124 Å². The predicted octanol–water partition coefficient (Wildman–Crippen LogP) is 5.47. The number of amides is 2. The van der Waals surface area contributed by atoms with E-state index >= 15 is 0 Å². The molecule has 0 aliphatic carbocycles. The highest BCUT2D eigenvalue weighted by Gasteiger charge is 2.37. The van der Waals surface area contributed by atoms with Crippen molar-refractivity contribution in [3.63, 3.8) is 0 Å². The van der Waals surface area contributed by atoms with Gasteiger partial charge in [0.05, 0.1) is 39.0 Å². The van der Waals surface area contributed by atoms with Crippen molar-refractivity contribution in [1.29, 1.82) is 0 Å². The third-order valence-electron chi connectivity index (χ3n) is 7.84. The van der Waals surface area contributed by atoms with Gasteiger partial charge in [0.25, 0.3) is 10.0 Å². The van der Waals surface area contributed by atoms with Gasteiger partial charge in [-0.2, -0.15) is 0 Å². The molecule has 4 aromatic rings. The molecule has 0 unspecified atom stereocenters. The first kappa shape index (κ1) is 37.6. The number of benzene rings is 4. The summed E-state index contributed by atoms with van der Waals surface area (Å²) in [6.45, 7) is 4.94. The Bertz CT molecular complexity index is 1860. The summed E-state index contributed by atoms with van der Waals surface area (Å²) in [5, 5.41) is 3.03. The standard InChI is InChI=1S/C38H45N3O8S/c1-38(2,3)39-37(43)32(22-27-14-10-8-11-15-27)40(25-28-16-12-9-13-17-28)36(42)26-41(31-23-29(46-4)18-20-33(31)47-5)50(44,45)30-19-21-34(48-6)35(24-30)49-7/h8-21,23-24,32H,22,25-26H2,1-7H3,(H,39,43)/t32-/m1/s1. The summed E-state index contributed by atoms with van der Waals surface area (Å²) >= 11 is 0. The summed E-state index contributed by atoms with van der Waals surface area (Å²) in [5.74, 6) is 0.0456. The molecular weight excluding hydrogens is 658 g/mol. The average molecular weight is 704 g/mol. The van der Waals surface area contributed by atoms with E-state index in [-0.39, 0.29) is 41.0 Å². The average Bonchev–Trinajstić information content (AvgIpc) is 3.11. The van der Waals surface area contributed by atoms with Crippen LogP contribution >= 0.6 is 0 Å². The fraction of sp³-hybridized carbons (Fsp3) is 0.316. The minimum Gasteiger partial charge on any atom is -0.497 e. The molecule has 0 heterocycles. The molecule has 50 heavy (non-hydrogen) atoms. The summed E-state index contributed by atoms with van der Waals surface area (Å²) in [6.07, 6.45) is 0.187. The molecule has 1 atom stereocenters. The Hall–Kier alpha value is -5.23. The highest BCUT2D eigenvalue weighted by molar-refractivity contribution is 7.92. The van der Waals surface area contributed by atoms with Crippen molar-refractivity contribution in [1.82, 2.24) is 10.2 Å². The van der Waals surface area contributed by atoms with Gasteiger partial charge in [-0.3, -0.25) is 13.9 Å². The molecule has 1 N–H and O–H groups in total. The van der Waals surface area contributed by atoms with E-state index in [0.717, 1.165) is 15.4 Å². The number of hydrogen-bond acceptors (Lipinski definition) is 8. The number of nitrogens with zero attached hydrogens (tertiary/aromatic N) is 2. The Morgan fingerprint density at radius 3 is 1.86 bits per heavy atom. The van der Waals surface area contributed by atoms with Crippen molar-refractivity contribution in [3.05, 3.63) is 108 Å². The highest BCUT2D eigenvalue weighted by Crippen LogP contribution is 2.38.